The zero-order valence-electron chi connectivity index (χ0n) is 7.56. The van der Waals surface area contributed by atoms with Gasteiger partial charge in [-0.25, -0.2) is 0 Å². The summed E-state index contributed by atoms with van der Waals surface area (Å²) in [7, 11) is 0. The predicted octanol–water partition coefficient (Wildman–Crippen LogP) is 1.80. The second kappa shape index (κ2) is 3.26. The van der Waals surface area contributed by atoms with E-state index in [1.54, 1.807) is 6.07 Å². The minimum absolute atomic E-state index is 0.260. The van der Waals surface area contributed by atoms with Gasteiger partial charge >= 0.3 is 0 Å². The highest BCUT2D eigenvalue weighted by Gasteiger charge is 2.05. The molecule has 2 rings (SSSR count). The van der Waals surface area contributed by atoms with Crippen molar-refractivity contribution in [1.82, 2.24) is 10.2 Å². The summed E-state index contributed by atoms with van der Waals surface area (Å²) < 4.78 is 0. The van der Waals surface area contributed by atoms with Crippen molar-refractivity contribution in [3.05, 3.63) is 23.8 Å². The Bertz CT molecular complexity index is 467. The molecule has 0 fully saturated rings. The van der Waals surface area contributed by atoms with Gasteiger partial charge in [0.2, 0.25) is 5.13 Å². The molecule has 0 atom stereocenters. The maximum atomic E-state index is 9.49. The van der Waals surface area contributed by atoms with Crippen LogP contribution in [0.25, 0.3) is 10.6 Å². The van der Waals surface area contributed by atoms with Crippen molar-refractivity contribution in [3.8, 4) is 16.3 Å². The SMILES string of the molecule is Cc1ccc(-c2nnc(N)s2)cc1O. The molecular formula is C9H9N3OS. The second-order valence-corrected chi connectivity index (χ2v) is 3.96. The van der Waals surface area contributed by atoms with Gasteiger partial charge in [0.25, 0.3) is 0 Å². The topological polar surface area (TPSA) is 72.0 Å². The van der Waals surface area contributed by atoms with Crippen LogP contribution in [0.2, 0.25) is 0 Å². The first-order valence-electron chi connectivity index (χ1n) is 4.06. The molecule has 0 saturated heterocycles. The van der Waals surface area contributed by atoms with Gasteiger partial charge in [-0.1, -0.05) is 23.5 Å². The van der Waals surface area contributed by atoms with E-state index >= 15 is 0 Å². The average Bonchev–Trinajstić information content (AvgIpc) is 2.57. The highest BCUT2D eigenvalue weighted by atomic mass is 32.1. The summed E-state index contributed by atoms with van der Waals surface area (Å²) >= 11 is 1.30. The van der Waals surface area contributed by atoms with Crippen molar-refractivity contribution in [3.63, 3.8) is 0 Å². The lowest BCUT2D eigenvalue weighted by molar-refractivity contribution is 0.471. The molecular weight excluding hydrogens is 198 g/mol. The van der Waals surface area contributed by atoms with Crippen LogP contribution in [0.3, 0.4) is 0 Å². The Kier molecular flexibility index (Phi) is 2.09. The number of nitrogen functional groups attached to an aromatic ring is 1. The summed E-state index contributed by atoms with van der Waals surface area (Å²) in [5, 5.41) is 18.2. The molecule has 1 heterocycles. The van der Waals surface area contributed by atoms with Crippen molar-refractivity contribution in [2.45, 2.75) is 6.92 Å². The lowest BCUT2D eigenvalue weighted by atomic mass is 10.1. The van der Waals surface area contributed by atoms with Crippen LogP contribution in [0.4, 0.5) is 5.13 Å². The predicted molar refractivity (Wildman–Crippen MR) is 56.2 cm³/mol. The average molecular weight is 207 g/mol. The summed E-state index contributed by atoms with van der Waals surface area (Å²) in [6.45, 7) is 1.84. The molecule has 0 aliphatic carbocycles. The van der Waals surface area contributed by atoms with Gasteiger partial charge in [-0.2, -0.15) is 0 Å². The molecule has 3 N–H and O–H groups in total. The van der Waals surface area contributed by atoms with Crippen LogP contribution < -0.4 is 5.73 Å². The Labute approximate surface area is 85.0 Å². The van der Waals surface area contributed by atoms with Crippen molar-refractivity contribution >= 4 is 16.5 Å². The van der Waals surface area contributed by atoms with Gasteiger partial charge in [0.1, 0.15) is 10.8 Å². The second-order valence-electron chi connectivity index (χ2n) is 2.95. The van der Waals surface area contributed by atoms with E-state index < -0.39 is 0 Å². The summed E-state index contributed by atoms with van der Waals surface area (Å²) in [5.74, 6) is 0.260. The lowest BCUT2D eigenvalue weighted by Crippen LogP contribution is -1.80. The number of hydrogen-bond donors (Lipinski definition) is 2. The minimum Gasteiger partial charge on any atom is -0.508 e. The molecule has 0 bridgehead atoms. The third-order valence-electron chi connectivity index (χ3n) is 1.90. The Hall–Kier alpha value is -1.62. The number of phenolic OH excluding ortho intramolecular Hbond substituents is 1. The fraction of sp³-hybridized carbons (Fsp3) is 0.111. The van der Waals surface area contributed by atoms with Crippen molar-refractivity contribution < 1.29 is 5.11 Å². The van der Waals surface area contributed by atoms with Crippen LogP contribution in [0.5, 0.6) is 5.75 Å². The standard InChI is InChI=1S/C9H9N3OS/c1-5-2-3-6(4-7(5)13)8-11-12-9(10)14-8/h2-4,13H,1H3,(H2,10,12). The summed E-state index contributed by atoms with van der Waals surface area (Å²) in [6.07, 6.45) is 0. The first kappa shape index (κ1) is 8.96. The summed E-state index contributed by atoms with van der Waals surface area (Å²) in [6, 6.07) is 5.38. The van der Waals surface area contributed by atoms with Crippen molar-refractivity contribution in [2.75, 3.05) is 5.73 Å². The number of anilines is 1. The van der Waals surface area contributed by atoms with Gasteiger partial charge in [-0.3, -0.25) is 0 Å². The molecule has 0 radical (unpaired) electrons. The van der Waals surface area contributed by atoms with E-state index in [-0.39, 0.29) is 5.75 Å². The number of nitrogens with two attached hydrogens (primary N) is 1. The molecule has 5 heteroatoms. The number of hydrogen-bond acceptors (Lipinski definition) is 5. The molecule has 0 spiro atoms. The van der Waals surface area contributed by atoms with Gasteiger partial charge in [0, 0.05) is 5.56 Å². The van der Waals surface area contributed by atoms with Crippen LogP contribution in [-0.4, -0.2) is 15.3 Å². The number of phenols is 1. The zero-order valence-corrected chi connectivity index (χ0v) is 8.38. The van der Waals surface area contributed by atoms with Gasteiger partial charge in [0.05, 0.1) is 0 Å². The summed E-state index contributed by atoms with van der Waals surface area (Å²) in [5.41, 5.74) is 7.14. The number of aromatic nitrogens is 2. The van der Waals surface area contributed by atoms with Gasteiger partial charge in [-0.05, 0) is 18.6 Å². The van der Waals surface area contributed by atoms with E-state index in [0.29, 0.717) is 5.13 Å². The van der Waals surface area contributed by atoms with E-state index in [1.807, 2.05) is 19.1 Å². The number of benzene rings is 1. The van der Waals surface area contributed by atoms with Gasteiger partial charge < -0.3 is 10.8 Å². The Morgan fingerprint density at radius 2 is 2.14 bits per heavy atom. The zero-order chi connectivity index (χ0) is 10.1. The molecule has 72 valence electrons. The largest absolute Gasteiger partial charge is 0.508 e. The number of aryl methyl sites for hydroxylation is 1. The maximum Gasteiger partial charge on any atom is 0.203 e. The number of aromatic hydroxyl groups is 1. The lowest BCUT2D eigenvalue weighted by Gasteiger charge is -1.99. The van der Waals surface area contributed by atoms with Crippen LogP contribution in [0.15, 0.2) is 18.2 Å². The van der Waals surface area contributed by atoms with E-state index in [9.17, 15) is 5.11 Å². The van der Waals surface area contributed by atoms with E-state index in [4.69, 9.17) is 5.73 Å². The molecule has 4 nitrogen and oxygen atoms in total. The molecule has 0 amide bonds. The minimum atomic E-state index is 0.260. The Morgan fingerprint density at radius 3 is 2.71 bits per heavy atom. The number of rotatable bonds is 1. The van der Waals surface area contributed by atoms with E-state index in [0.717, 1.165) is 16.1 Å². The molecule has 1 aromatic heterocycles. The van der Waals surface area contributed by atoms with E-state index in [1.165, 1.54) is 11.3 Å². The third-order valence-corrected chi connectivity index (χ3v) is 2.70. The van der Waals surface area contributed by atoms with Crippen molar-refractivity contribution in [2.24, 2.45) is 0 Å². The molecule has 0 saturated carbocycles. The molecule has 0 aliphatic heterocycles. The monoisotopic (exact) mass is 207 g/mol. The molecule has 14 heavy (non-hydrogen) atoms. The van der Waals surface area contributed by atoms with Crippen LogP contribution in [-0.2, 0) is 0 Å². The molecule has 0 aliphatic rings. The van der Waals surface area contributed by atoms with E-state index in [2.05, 4.69) is 10.2 Å². The fourth-order valence-electron chi connectivity index (χ4n) is 1.09. The van der Waals surface area contributed by atoms with Crippen LogP contribution in [0.1, 0.15) is 5.56 Å². The first-order chi connectivity index (χ1) is 6.66. The quantitative estimate of drug-likeness (QED) is 0.748. The van der Waals surface area contributed by atoms with Crippen LogP contribution >= 0.6 is 11.3 Å². The normalized spacial score (nSPS) is 10.4. The smallest absolute Gasteiger partial charge is 0.203 e. The highest BCUT2D eigenvalue weighted by Crippen LogP contribution is 2.28. The number of nitrogens with zero attached hydrogens (tertiary/aromatic N) is 2. The van der Waals surface area contributed by atoms with Crippen molar-refractivity contribution in [1.29, 1.82) is 0 Å². The fourth-order valence-corrected chi connectivity index (χ4v) is 1.70. The molecule has 1 aromatic carbocycles. The van der Waals surface area contributed by atoms with Gasteiger partial charge in [0.15, 0.2) is 0 Å². The summed E-state index contributed by atoms with van der Waals surface area (Å²) in [4.78, 5) is 0. The van der Waals surface area contributed by atoms with Gasteiger partial charge in [-0.15, -0.1) is 10.2 Å². The third kappa shape index (κ3) is 1.54. The molecule has 2 aromatic rings. The first-order valence-corrected chi connectivity index (χ1v) is 4.87. The molecule has 0 unspecified atom stereocenters. The Balaban J connectivity index is 2.47. The Morgan fingerprint density at radius 1 is 1.36 bits per heavy atom. The maximum absolute atomic E-state index is 9.49. The highest BCUT2D eigenvalue weighted by molar-refractivity contribution is 7.18. The van der Waals surface area contributed by atoms with Crippen LogP contribution in [0, 0.1) is 6.92 Å².